The first-order valence-corrected chi connectivity index (χ1v) is 6.85. The second-order valence-electron chi connectivity index (χ2n) is 4.62. The van der Waals surface area contributed by atoms with E-state index in [4.69, 9.17) is 4.74 Å². The molecule has 2 rings (SSSR count). The number of nitrogens with zero attached hydrogens (tertiary/aromatic N) is 1. The van der Waals surface area contributed by atoms with Crippen LogP contribution in [-0.4, -0.2) is 18.6 Å². The number of ether oxygens (including phenoxy) is 1. The molecule has 21 heavy (non-hydrogen) atoms. The van der Waals surface area contributed by atoms with Gasteiger partial charge in [-0.15, -0.1) is 0 Å². The van der Waals surface area contributed by atoms with Gasteiger partial charge < -0.3 is 10.1 Å². The molecule has 0 radical (unpaired) electrons. The van der Waals surface area contributed by atoms with Crippen LogP contribution in [-0.2, 0) is 0 Å². The van der Waals surface area contributed by atoms with E-state index in [1.54, 1.807) is 18.3 Å². The number of pyridine rings is 1. The standard InChI is InChI=1S/C16H18F2N2O/c1-3-9-19-15(11-6-5-10-20-16(11)21-2)14-12(17)7-4-8-13(14)18/h4-8,10,15,19H,3,9H2,1-2H3. The molecule has 0 saturated heterocycles. The van der Waals surface area contributed by atoms with Gasteiger partial charge in [-0.1, -0.05) is 19.1 Å². The number of hydrogen-bond acceptors (Lipinski definition) is 3. The smallest absolute Gasteiger partial charge is 0.218 e. The Hall–Kier alpha value is -2.01. The van der Waals surface area contributed by atoms with Crippen LogP contribution in [0.15, 0.2) is 36.5 Å². The van der Waals surface area contributed by atoms with E-state index in [-0.39, 0.29) is 5.56 Å². The van der Waals surface area contributed by atoms with Gasteiger partial charge in [0.15, 0.2) is 0 Å². The van der Waals surface area contributed by atoms with Gasteiger partial charge in [-0.05, 0) is 31.2 Å². The molecule has 0 saturated carbocycles. The molecule has 1 atom stereocenters. The van der Waals surface area contributed by atoms with Crippen LogP contribution in [0.1, 0.15) is 30.5 Å². The SMILES string of the molecule is CCCNC(c1cccnc1OC)c1c(F)cccc1F. The van der Waals surface area contributed by atoms with E-state index >= 15 is 0 Å². The van der Waals surface area contributed by atoms with Gasteiger partial charge in [0.05, 0.1) is 13.2 Å². The predicted molar refractivity (Wildman–Crippen MR) is 77.3 cm³/mol. The molecule has 0 bridgehead atoms. The second kappa shape index (κ2) is 7.13. The monoisotopic (exact) mass is 292 g/mol. The normalized spacial score (nSPS) is 12.2. The summed E-state index contributed by atoms with van der Waals surface area (Å²) in [6.07, 6.45) is 2.42. The van der Waals surface area contributed by atoms with Gasteiger partial charge in [0.25, 0.3) is 0 Å². The molecule has 1 aromatic carbocycles. The highest BCUT2D eigenvalue weighted by atomic mass is 19.1. The highest BCUT2D eigenvalue weighted by molar-refractivity contribution is 5.38. The van der Waals surface area contributed by atoms with Crippen LogP contribution in [0.4, 0.5) is 8.78 Å². The number of hydrogen-bond donors (Lipinski definition) is 1. The van der Waals surface area contributed by atoms with Gasteiger partial charge in [0, 0.05) is 17.3 Å². The maximum absolute atomic E-state index is 14.1. The third kappa shape index (κ3) is 3.36. The van der Waals surface area contributed by atoms with E-state index < -0.39 is 17.7 Å². The summed E-state index contributed by atoms with van der Waals surface area (Å²) in [6.45, 7) is 2.61. The van der Waals surface area contributed by atoms with Crippen molar-refractivity contribution in [1.29, 1.82) is 0 Å². The molecule has 0 amide bonds. The molecular formula is C16H18F2N2O. The molecule has 0 aliphatic carbocycles. The maximum Gasteiger partial charge on any atom is 0.218 e. The Bertz CT molecular complexity index is 584. The van der Waals surface area contributed by atoms with Crippen LogP contribution in [0.2, 0.25) is 0 Å². The Morgan fingerprint density at radius 2 is 1.90 bits per heavy atom. The zero-order chi connectivity index (χ0) is 15.2. The van der Waals surface area contributed by atoms with Gasteiger partial charge in [0.1, 0.15) is 11.6 Å². The zero-order valence-electron chi connectivity index (χ0n) is 12.1. The van der Waals surface area contributed by atoms with Crippen LogP contribution in [0, 0.1) is 11.6 Å². The number of rotatable bonds is 6. The van der Waals surface area contributed by atoms with Gasteiger partial charge >= 0.3 is 0 Å². The summed E-state index contributed by atoms with van der Waals surface area (Å²) >= 11 is 0. The Morgan fingerprint density at radius 1 is 1.19 bits per heavy atom. The van der Waals surface area contributed by atoms with Gasteiger partial charge in [0.2, 0.25) is 5.88 Å². The molecule has 3 nitrogen and oxygen atoms in total. The summed E-state index contributed by atoms with van der Waals surface area (Å²) in [5.74, 6) is -0.822. The Kier molecular flexibility index (Phi) is 5.22. The van der Waals surface area contributed by atoms with Gasteiger partial charge in [-0.25, -0.2) is 13.8 Å². The van der Waals surface area contributed by atoms with Crippen molar-refractivity contribution in [2.24, 2.45) is 0 Å². The van der Waals surface area contributed by atoms with Crippen molar-refractivity contribution in [1.82, 2.24) is 10.3 Å². The lowest BCUT2D eigenvalue weighted by Gasteiger charge is -2.22. The largest absolute Gasteiger partial charge is 0.481 e. The fraction of sp³-hybridized carbons (Fsp3) is 0.312. The van der Waals surface area contributed by atoms with Crippen LogP contribution < -0.4 is 10.1 Å². The van der Waals surface area contributed by atoms with Crippen molar-refractivity contribution in [3.63, 3.8) is 0 Å². The number of benzene rings is 1. The summed E-state index contributed by atoms with van der Waals surface area (Å²) < 4.78 is 33.4. The number of nitrogens with one attached hydrogen (secondary N) is 1. The van der Waals surface area contributed by atoms with E-state index in [1.165, 1.54) is 25.3 Å². The lowest BCUT2D eigenvalue weighted by molar-refractivity contribution is 0.384. The Balaban J connectivity index is 2.53. The summed E-state index contributed by atoms with van der Waals surface area (Å²) in [6, 6.07) is 6.69. The molecule has 5 heteroatoms. The van der Waals surface area contributed by atoms with Crippen molar-refractivity contribution in [2.75, 3.05) is 13.7 Å². The second-order valence-corrected chi connectivity index (χ2v) is 4.62. The van der Waals surface area contributed by atoms with E-state index in [2.05, 4.69) is 10.3 Å². The zero-order valence-corrected chi connectivity index (χ0v) is 12.1. The molecular weight excluding hydrogens is 274 g/mol. The summed E-state index contributed by atoms with van der Waals surface area (Å²) in [5.41, 5.74) is 0.592. The first kappa shape index (κ1) is 15.4. The number of aromatic nitrogens is 1. The minimum atomic E-state index is -0.644. The van der Waals surface area contributed by atoms with E-state index in [0.717, 1.165) is 6.42 Å². The average molecular weight is 292 g/mol. The lowest BCUT2D eigenvalue weighted by atomic mass is 9.98. The molecule has 0 fully saturated rings. The third-order valence-corrected chi connectivity index (χ3v) is 3.19. The van der Waals surface area contributed by atoms with Crippen molar-refractivity contribution in [3.05, 3.63) is 59.3 Å². The molecule has 1 N–H and O–H groups in total. The summed E-state index contributed by atoms with van der Waals surface area (Å²) in [7, 11) is 1.49. The fourth-order valence-corrected chi connectivity index (χ4v) is 2.24. The highest BCUT2D eigenvalue weighted by Gasteiger charge is 2.24. The molecule has 112 valence electrons. The quantitative estimate of drug-likeness (QED) is 0.885. The first-order chi connectivity index (χ1) is 10.2. The maximum atomic E-state index is 14.1. The molecule has 0 spiro atoms. The molecule has 0 aliphatic rings. The predicted octanol–water partition coefficient (Wildman–Crippen LogP) is 3.46. The fourth-order valence-electron chi connectivity index (χ4n) is 2.24. The minimum Gasteiger partial charge on any atom is -0.481 e. The molecule has 0 aliphatic heterocycles. The number of halogens is 2. The van der Waals surface area contributed by atoms with Crippen molar-refractivity contribution in [2.45, 2.75) is 19.4 Å². The molecule has 1 heterocycles. The van der Waals surface area contributed by atoms with Crippen LogP contribution in [0.3, 0.4) is 0 Å². The summed E-state index contributed by atoms with van der Waals surface area (Å²) in [5, 5.41) is 3.16. The summed E-state index contributed by atoms with van der Waals surface area (Å²) in [4.78, 5) is 4.10. The Morgan fingerprint density at radius 3 is 2.52 bits per heavy atom. The lowest BCUT2D eigenvalue weighted by Crippen LogP contribution is -2.26. The van der Waals surface area contributed by atoms with Crippen LogP contribution in [0.5, 0.6) is 5.88 Å². The van der Waals surface area contributed by atoms with Gasteiger partial charge in [-0.3, -0.25) is 0 Å². The first-order valence-electron chi connectivity index (χ1n) is 6.85. The van der Waals surface area contributed by atoms with Crippen molar-refractivity contribution >= 4 is 0 Å². The topological polar surface area (TPSA) is 34.2 Å². The van der Waals surface area contributed by atoms with Crippen molar-refractivity contribution in [3.8, 4) is 5.88 Å². The van der Waals surface area contributed by atoms with Crippen molar-refractivity contribution < 1.29 is 13.5 Å². The van der Waals surface area contributed by atoms with E-state index in [9.17, 15) is 8.78 Å². The minimum absolute atomic E-state index is 0.0164. The van der Waals surface area contributed by atoms with Crippen LogP contribution >= 0.6 is 0 Å². The third-order valence-electron chi connectivity index (χ3n) is 3.19. The van der Waals surface area contributed by atoms with Gasteiger partial charge in [-0.2, -0.15) is 0 Å². The Labute approximate surface area is 123 Å². The van der Waals surface area contributed by atoms with Crippen LogP contribution in [0.25, 0.3) is 0 Å². The molecule has 1 unspecified atom stereocenters. The average Bonchev–Trinajstić information content (AvgIpc) is 2.50. The molecule has 2 aromatic rings. The van der Waals surface area contributed by atoms with E-state index in [1.807, 2.05) is 6.92 Å². The molecule has 1 aromatic heterocycles. The number of methoxy groups -OCH3 is 1. The van der Waals surface area contributed by atoms with E-state index in [0.29, 0.717) is 18.0 Å². The highest BCUT2D eigenvalue weighted by Crippen LogP contribution is 2.31.